The Morgan fingerprint density at radius 1 is 0.542 bits per heavy atom. The van der Waals surface area contributed by atoms with E-state index in [4.69, 9.17) is 0 Å². The van der Waals surface area contributed by atoms with Crippen molar-refractivity contribution in [2.45, 2.75) is 20.5 Å². The van der Waals surface area contributed by atoms with Gasteiger partial charge in [0, 0.05) is 21.2 Å². The smallest absolute Gasteiger partial charge is 0.103 e. The minimum absolute atomic E-state index is 0.304. The second kappa shape index (κ2) is 5.80. The number of benzene rings is 3. The minimum Gasteiger partial charge on any atom is -0.368 e. The van der Waals surface area contributed by atoms with Crippen LogP contribution in [0.4, 0.5) is 11.4 Å². The second-order valence-electron chi connectivity index (χ2n) is 5.94. The van der Waals surface area contributed by atoms with E-state index in [1.807, 2.05) is 23.5 Å². The maximum Gasteiger partial charge on any atom is 0.103 e. The number of rotatable bonds is 2. The molecule has 0 radical (unpaired) electrons. The van der Waals surface area contributed by atoms with Crippen molar-refractivity contribution >= 4 is 34.9 Å². The van der Waals surface area contributed by atoms with Crippen molar-refractivity contribution in [3.05, 3.63) is 83.9 Å². The van der Waals surface area contributed by atoms with Crippen LogP contribution in [0, 0.1) is 0 Å². The molecular formula is C20H16N2S2. The summed E-state index contributed by atoms with van der Waals surface area (Å²) < 4.78 is 0. The van der Waals surface area contributed by atoms with E-state index in [1.54, 1.807) is 0 Å². The van der Waals surface area contributed by atoms with Gasteiger partial charge in [-0.05, 0) is 35.4 Å². The fourth-order valence-corrected chi connectivity index (χ4v) is 5.41. The number of para-hydroxylation sites is 2. The van der Waals surface area contributed by atoms with Gasteiger partial charge in [0.1, 0.15) is 10.7 Å². The first kappa shape index (κ1) is 14.3. The van der Waals surface area contributed by atoms with Crippen LogP contribution in [-0.2, 0) is 0 Å². The van der Waals surface area contributed by atoms with Gasteiger partial charge in [0.2, 0.25) is 0 Å². The van der Waals surface area contributed by atoms with Gasteiger partial charge < -0.3 is 10.6 Å². The average molecular weight is 348 g/mol. The van der Waals surface area contributed by atoms with Crippen molar-refractivity contribution in [2.24, 2.45) is 0 Å². The van der Waals surface area contributed by atoms with E-state index < -0.39 is 0 Å². The van der Waals surface area contributed by atoms with Crippen molar-refractivity contribution in [1.82, 2.24) is 0 Å². The highest BCUT2D eigenvalue weighted by Crippen LogP contribution is 2.48. The Bertz CT molecular complexity index is 768. The first-order valence-electron chi connectivity index (χ1n) is 8.01. The summed E-state index contributed by atoms with van der Waals surface area (Å²) in [6, 6.07) is 26.0. The van der Waals surface area contributed by atoms with Gasteiger partial charge in [0.25, 0.3) is 0 Å². The lowest BCUT2D eigenvalue weighted by atomic mass is 10.1. The summed E-state index contributed by atoms with van der Waals surface area (Å²) in [6.45, 7) is 0. The Kier molecular flexibility index (Phi) is 3.46. The Hall–Kier alpha value is -2.04. The highest BCUT2D eigenvalue weighted by atomic mass is 32.2. The summed E-state index contributed by atoms with van der Waals surface area (Å²) in [4.78, 5) is 2.66. The molecule has 0 fully saturated rings. The van der Waals surface area contributed by atoms with E-state index in [2.05, 4.69) is 83.4 Å². The molecule has 118 valence electrons. The fourth-order valence-electron chi connectivity index (χ4n) is 3.12. The molecule has 2 aliphatic heterocycles. The number of nitrogens with one attached hydrogen (secondary N) is 2. The van der Waals surface area contributed by atoms with Crippen LogP contribution in [0.15, 0.2) is 82.6 Å². The number of hydrogen-bond donors (Lipinski definition) is 2. The highest BCUT2D eigenvalue weighted by molar-refractivity contribution is 8.00. The monoisotopic (exact) mass is 348 g/mol. The molecule has 0 amide bonds. The lowest BCUT2D eigenvalue weighted by Gasteiger charge is -2.14. The SMILES string of the molecule is c1ccc2c(c1)N[C@@H](c1ccc([C@@H]3Nc4ccccc4S3)cc1)S2. The fraction of sp³-hybridized carbons (Fsp3) is 0.100. The molecule has 0 spiro atoms. The van der Waals surface area contributed by atoms with E-state index >= 15 is 0 Å². The highest BCUT2D eigenvalue weighted by Gasteiger charge is 2.24. The van der Waals surface area contributed by atoms with Gasteiger partial charge in [-0.3, -0.25) is 0 Å². The topological polar surface area (TPSA) is 24.1 Å². The van der Waals surface area contributed by atoms with Gasteiger partial charge in [-0.25, -0.2) is 0 Å². The molecule has 2 N–H and O–H groups in total. The molecule has 2 heterocycles. The maximum absolute atomic E-state index is 3.60. The zero-order chi connectivity index (χ0) is 15.9. The summed E-state index contributed by atoms with van der Waals surface area (Å²) in [6.07, 6.45) is 0. The third-order valence-corrected chi connectivity index (χ3v) is 6.85. The van der Waals surface area contributed by atoms with Gasteiger partial charge in [-0.2, -0.15) is 0 Å². The number of hydrogen-bond acceptors (Lipinski definition) is 4. The molecule has 3 aromatic rings. The summed E-state index contributed by atoms with van der Waals surface area (Å²) >= 11 is 3.77. The molecule has 0 unspecified atom stereocenters. The molecule has 2 nitrogen and oxygen atoms in total. The Labute approximate surface area is 150 Å². The minimum atomic E-state index is 0.304. The van der Waals surface area contributed by atoms with Crippen LogP contribution in [0.25, 0.3) is 0 Å². The predicted molar refractivity (Wildman–Crippen MR) is 104 cm³/mol. The lowest BCUT2D eigenvalue weighted by Crippen LogP contribution is -2.04. The van der Waals surface area contributed by atoms with Crippen LogP contribution in [0.5, 0.6) is 0 Å². The molecule has 0 aliphatic carbocycles. The Morgan fingerprint density at radius 2 is 0.958 bits per heavy atom. The van der Waals surface area contributed by atoms with E-state index in [1.165, 1.54) is 32.3 Å². The van der Waals surface area contributed by atoms with Crippen molar-refractivity contribution in [2.75, 3.05) is 10.6 Å². The molecule has 3 aromatic carbocycles. The molecule has 0 saturated carbocycles. The standard InChI is InChI=1S/C20H16N2S2/c1-3-7-17-15(5-1)21-19(23-17)13-9-11-14(12-10-13)20-22-16-6-2-4-8-18(16)24-20/h1-12,19-22H/t19-,20-/m1/s1. The molecular weight excluding hydrogens is 332 g/mol. The maximum atomic E-state index is 3.60. The predicted octanol–water partition coefficient (Wildman–Crippen LogP) is 6.12. The first-order valence-corrected chi connectivity index (χ1v) is 9.77. The Morgan fingerprint density at radius 3 is 1.38 bits per heavy atom. The largest absolute Gasteiger partial charge is 0.368 e. The zero-order valence-electron chi connectivity index (χ0n) is 12.9. The van der Waals surface area contributed by atoms with Gasteiger partial charge in [-0.15, -0.1) is 0 Å². The molecule has 0 bridgehead atoms. The molecule has 0 aromatic heterocycles. The van der Waals surface area contributed by atoms with Gasteiger partial charge in [-0.1, -0.05) is 72.1 Å². The van der Waals surface area contributed by atoms with E-state index in [9.17, 15) is 0 Å². The molecule has 0 saturated heterocycles. The summed E-state index contributed by atoms with van der Waals surface area (Å²) in [5.74, 6) is 0. The van der Waals surface area contributed by atoms with Crippen molar-refractivity contribution in [1.29, 1.82) is 0 Å². The molecule has 4 heteroatoms. The molecule has 24 heavy (non-hydrogen) atoms. The first-order chi connectivity index (χ1) is 11.9. The van der Waals surface area contributed by atoms with Crippen LogP contribution in [0.1, 0.15) is 21.9 Å². The van der Waals surface area contributed by atoms with Crippen LogP contribution < -0.4 is 10.6 Å². The van der Waals surface area contributed by atoms with E-state index in [0.29, 0.717) is 10.7 Å². The second-order valence-corrected chi connectivity index (χ2v) is 8.24. The van der Waals surface area contributed by atoms with Crippen molar-refractivity contribution in [3.8, 4) is 0 Å². The normalized spacial score (nSPS) is 20.8. The number of anilines is 2. The molecule has 5 rings (SSSR count). The molecule has 2 aliphatic rings. The van der Waals surface area contributed by atoms with Gasteiger partial charge in [0.15, 0.2) is 0 Å². The average Bonchev–Trinajstić information content (AvgIpc) is 3.25. The summed E-state index contributed by atoms with van der Waals surface area (Å²) in [5, 5.41) is 7.80. The zero-order valence-corrected chi connectivity index (χ0v) is 14.5. The third kappa shape index (κ3) is 2.46. The number of fused-ring (bicyclic) bond motifs is 2. The van der Waals surface area contributed by atoms with Crippen molar-refractivity contribution in [3.63, 3.8) is 0 Å². The Balaban J connectivity index is 1.34. The van der Waals surface area contributed by atoms with Gasteiger partial charge >= 0.3 is 0 Å². The van der Waals surface area contributed by atoms with Crippen LogP contribution >= 0.6 is 23.5 Å². The van der Waals surface area contributed by atoms with E-state index in [0.717, 1.165) is 0 Å². The molecule has 2 atom stereocenters. The van der Waals surface area contributed by atoms with E-state index in [-0.39, 0.29) is 0 Å². The lowest BCUT2D eigenvalue weighted by molar-refractivity contribution is 1.10. The van der Waals surface area contributed by atoms with Crippen molar-refractivity contribution < 1.29 is 0 Å². The van der Waals surface area contributed by atoms with Crippen LogP contribution in [-0.4, -0.2) is 0 Å². The summed E-state index contributed by atoms with van der Waals surface area (Å²) in [5.41, 5.74) is 5.11. The third-order valence-electron chi connectivity index (χ3n) is 4.38. The quantitative estimate of drug-likeness (QED) is 0.582. The van der Waals surface area contributed by atoms with Gasteiger partial charge in [0.05, 0.1) is 0 Å². The number of thioether (sulfide) groups is 2. The van der Waals surface area contributed by atoms with Crippen LogP contribution in [0.2, 0.25) is 0 Å². The van der Waals surface area contributed by atoms with Crippen LogP contribution in [0.3, 0.4) is 0 Å². The summed E-state index contributed by atoms with van der Waals surface area (Å²) in [7, 11) is 0.